The largest absolute Gasteiger partial charge is 0.416 e. The van der Waals surface area contributed by atoms with Gasteiger partial charge < -0.3 is 5.73 Å². The minimum absolute atomic E-state index is 0. The molecule has 0 aromatic heterocycles. The van der Waals surface area contributed by atoms with Gasteiger partial charge in [-0.1, -0.05) is 20.3 Å². The first-order valence-corrected chi connectivity index (χ1v) is 6.02. The van der Waals surface area contributed by atoms with Gasteiger partial charge in [0.2, 0.25) is 0 Å². The van der Waals surface area contributed by atoms with Crippen LogP contribution in [0.2, 0.25) is 0 Å². The summed E-state index contributed by atoms with van der Waals surface area (Å²) in [4.78, 5) is 0. The highest BCUT2D eigenvalue weighted by Gasteiger charge is 2.38. The molecule has 0 bridgehead atoms. The molecule has 1 aromatic carbocycles. The third-order valence-electron chi connectivity index (χ3n) is 3.30. The summed E-state index contributed by atoms with van der Waals surface area (Å²) >= 11 is 0. The monoisotopic (exact) mass is 335 g/mol. The number of benzene rings is 1. The summed E-state index contributed by atoms with van der Waals surface area (Å²) in [6.45, 7) is 3.32. The van der Waals surface area contributed by atoms with Crippen LogP contribution in [0, 0.1) is 5.92 Å². The Hall–Kier alpha value is -0.950. The van der Waals surface area contributed by atoms with Gasteiger partial charge in [0, 0.05) is 6.04 Å². The number of alkyl halides is 6. The van der Waals surface area contributed by atoms with E-state index in [1.807, 2.05) is 0 Å². The molecule has 1 aromatic rings. The van der Waals surface area contributed by atoms with E-state index in [1.165, 1.54) is 0 Å². The van der Waals surface area contributed by atoms with E-state index in [-0.39, 0.29) is 18.3 Å². The van der Waals surface area contributed by atoms with E-state index in [1.54, 1.807) is 13.8 Å². The smallest absolute Gasteiger partial charge is 0.324 e. The third-order valence-corrected chi connectivity index (χ3v) is 3.30. The number of hydrogen-bond donors (Lipinski definition) is 1. The minimum Gasteiger partial charge on any atom is -0.324 e. The number of hydrogen-bond acceptors (Lipinski definition) is 1. The SMILES string of the molecule is CCC(C)[C@@H](N)c1cc(C(F)(F)F)ccc1C(F)(F)F.Cl. The average Bonchev–Trinajstić information content (AvgIpc) is 2.34. The summed E-state index contributed by atoms with van der Waals surface area (Å²) in [7, 11) is 0. The van der Waals surface area contributed by atoms with Crippen molar-refractivity contribution < 1.29 is 26.3 Å². The molecule has 8 heteroatoms. The van der Waals surface area contributed by atoms with Gasteiger partial charge in [-0.05, 0) is 29.7 Å². The van der Waals surface area contributed by atoms with Crippen molar-refractivity contribution in [1.29, 1.82) is 0 Å². The topological polar surface area (TPSA) is 26.0 Å². The van der Waals surface area contributed by atoms with Gasteiger partial charge in [-0.25, -0.2) is 0 Å². The molecule has 0 aliphatic carbocycles. The zero-order valence-electron chi connectivity index (χ0n) is 11.3. The maximum atomic E-state index is 12.9. The van der Waals surface area contributed by atoms with Crippen LogP contribution < -0.4 is 5.73 Å². The van der Waals surface area contributed by atoms with Gasteiger partial charge in [0.1, 0.15) is 0 Å². The Bertz CT molecular complexity index is 469. The lowest BCUT2D eigenvalue weighted by atomic mass is 9.89. The fourth-order valence-electron chi connectivity index (χ4n) is 1.83. The molecule has 0 heterocycles. The number of nitrogens with two attached hydrogens (primary N) is 1. The lowest BCUT2D eigenvalue weighted by Crippen LogP contribution is -2.23. The van der Waals surface area contributed by atoms with Crippen molar-refractivity contribution in [2.45, 2.75) is 38.7 Å². The van der Waals surface area contributed by atoms with Crippen LogP contribution in [0.15, 0.2) is 18.2 Å². The van der Waals surface area contributed by atoms with Gasteiger partial charge in [-0.15, -0.1) is 12.4 Å². The molecule has 2 atom stereocenters. The molecule has 2 N–H and O–H groups in total. The van der Waals surface area contributed by atoms with Crippen LogP contribution in [-0.2, 0) is 12.4 Å². The van der Waals surface area contributed by atoms with Crippen molar-refractivity contribution in [3.05, 3.63) is 34.9 Å². The predicted octanol–water partition coefficient (Wildman–Crippen LogP) is 5.19. The zero-order valence-corrected chi connectivity index (χ0v) is 12.2. The van der Waals surface area contributed by atoms with E-state index < -0.39 is 35.1 Å². The maximum absolute atomic E-state index is 12.9. The highest BCUT2D eigenvalue weighted by molar-refractivity contribution is 5.85. The minimum atomic E-state index is -4.73. The summed E-state index contributed by atoms with van der Waals surface area (Å²) in [5.74, 6) is -0.361. The lowest BCUT2D eigenvalue weighted by molar-refractivity contribution is -0.142. The molecule has 1 rings (SSSR count). The van der Waals surface area contributed by atoms with Crippen LogP contribution >= 0.6 is 12.4 Å². The summed E-state index contributed by atoms with van der Waals surface area (Å²) in [6.07, 6.45) is -8.96. The molecule has 0 amide bonds. The maximum Gasteiger partial charge on any atom is 0.416 e. The van der Waals surface area contributed by atoms with Crippen molar-refractivity contribution in [3.63, 3.8) is 0 Å². The quantitative estimate of drug-likeness (QED) is 0.756. The number of rotatable bonds is 3. The Balaban J connectivity index is 0.00000400. The Morgan fingerprint density at radius 1 is 1.05 bits per heavy atom. The van der Waals surface area contributed by atoms with Crippen LogP contribution in [-0.4, -0.2) is 0 Å². The van der Waals surface area contributed by atoms with Crippen molar-refractivity contribution in [3.8, 4) is 0 Å². The van der Waals surface area contributed by atoms with Crippen molar-refractivity contribution in [2.75, 3.05) is 0 Å². The Morgan fingerprint density at radius 3 is 1.95 bits per heavy atom. The molecule has 0 radical (unpaired) electrons. The highest BCUT2D eigenvalue weighted by atomic mass is 35.5. The van der Waals surface area contributed by atoms with Crippen LogP contribution in [0.25, 0.3) is 0 Å². The summed E-state index contributed by atoms with van der Waals surface area (Å²) < 4.78 is 76.5. The Morgan fingerprint density at radius 2 is 1.57 bits per heavy atom. The van der Waals surface area contributed by atoms with Gasteiger partial charge in [0.15, 0.2) is 0 Å². The molecule has 0 fully saturated rings. The van der Waals surface area contributed by atoms with Gasteiger partial charge >= 0.3 is 12.4 Å². The van der Waals surface area contributed by atoms with Gasteiger partial charge in [0.05, 0.1) is 11.1 Å². The molecule has 0 spiro atoms. The molecular formula is C13H16ClF6N. The lowest BCUT2D eigenvalue weighted by Gasteiger charge is -2.24. The van der Waals surface area contributed by atoms with Crippen LogP contribution in [0.5, 0.6) is 0 Å². The molecule has 1 unspecified atom stereocenters. The Labute approximate surface area is 124 Å². The molecular weight excluding hydrogens is 320 g/mol. The van der Waals surface area contributed by atoms with E-state index in [9.17, 15) is 26.3 Å². The van der Waals surface area contributed by atoms with Crippen molar-refractivity contribution in [1.82, 2.24) is 0 Å². The summed E-state index contributed by atoms with van der Waals surface area (Å²) in [6, 6.07) is 0.273. The summed E-state index contributed by atoms with van der Waals surface area (Å²) in [5, 5.41) is 0. The molecule has 0 aliphatic rings. The van der Waals surface area contributed by atoms with Crippen LogP contribution in [0.4, 0.5) is 26.3 Å². The van der Waals surface area contributed by atoms with E-state index in [0.29, 0.717) is 24.6 Å². The van der Waals surface area contributed by atoms with Crippen molar-refractivity contribution >= 4 is 12.4 Å². The van der Waals surface area contributed by atoms with Crippen LogP contribution in [0.1, 0.15) is 43.0 Å². The second-order valence-electron chi connectivity index (χ2n) is 4.71. The predicted molar refractivity (Wildman–Crippen MR) is 70.1 cm³/mol. The van der Waals surface area contributed by atoms with E-state index >= 15 is 0 Å². The summed E-state index contributed by atoms with van der Waals surface area (Å²) in [5.41, 5.74) is 2.94. The van der Waals surface area contributed by atoms with E-state index in [2.05, 4.69) is 0 Å². The first-order chi connectivity index (χ1) is 8.98. The fraction of sp³-hybridized carbons (Fsp3) is 0.538. The van der Waals surface area contributed by atoms with E-state index in [0.717, 1.165) is 0 Å². The second-order valence-corrected chi connectivity index (χ2v) is 4.71. The third kappa shape index (κ3) is 4.78. The van der Waals surface area contributed by atoms with Gasteiger partial charge in [0.25, 0.3) is 0 Å². The Kier molecular flexibility index (Phi) is 6.56. The normalized spacial score (nSPS) is 15.3. The molecule has 0 aliphatic heterocycles. The van der Waals surface area contributed by atoms with Crippen LogP contribution in [0.3, 0.4) is 0 Å². The van der Waals surface area contributed by atoms with Gasteiger partial charge in [-0.3, -0.25) is 0 Å². The average molecular weight is 336 g/mol. The molecule has 1 nitrogen and oxygen atoms in total. The molecule has 0 saturated heterocycles. The first kappa shape index (κ1) is 20.1. The fourth-order valence-corrected chi connectivity index (χ4v) is 1.83. The molecule has 122 valence electrons. The highest BCUT2D eigenvalue weighted by Crippen LogP contribution is 2.39. The molecule has 0 saturated carbocycles. The first-order valence-electron chi connectivity index (χ1n) is 6.02. The standard InChI is InChI=1S/C13H15F6N.ClH/c1-3-7(2)11(20)9-6-8(12(14,15)16)4-5-10(9)13(17,18)19;/h4-7,11H,3,20H2,1-2H3;1H/t7?,11-;/m1./s1. The van der Waals surface area contributed by atoms with E-state index in [4.69, 9.17) is 5.73 Å². The van der Waals surface area contributed by atoms with Crippen molar-refractivity contribution in [2.24, 2.45) is 11.7 Å². The second kappa shape index (κ2) is 6.87. The molecule has 21 heavy (non-hydrogen) atoms. The zero-order chi connectivity index (χ0) is 15.7. The number of halogens is 7. The van der Waals surface area contributed by atoms with Gasteiger partial charge in [-0.2, -0.15) is 26.3 Å².